The fraction of sp³-hybridized carbons (Fsp3) is 0.118. The molecule has 2 aromatic rings. The van der Waals surface area contributed by atoms with Gasteiger partial charge in [-0.15, -0.1) is 0 Å². The molecule has 0 aliphatic rings. The molecule has 0 saturated heterocycles. The third-order valence-corrected chi connectivity index (χ3v) is 3.34. The first-order chi connectivity index (χ1) is 10.2. The Morgan fingerprint density at radius 1 is 1.00 bits per heavy atom. The molecule has 0 spiro atoms. The van der Waals surface area contributed by atoms with Gasteiger partial charge in [0.1, 0.15) is 17.1 Å². The third-order valence-electron chi connectivity index (χ3n) is 2.99. The van der Waals surface area contributed by atoms with E-state index in [0.29, 0.717) is 22.1 Å². The van der Waals surface area contributed by atoms with E-state index in [4.69, 9.17) is 21.1 Å². The first kappa shape index (κ1) is 15.1. The molecule has 0 aliphatic carbocycles. The minimum Gasteiger partial charge on any atom is -0.496 e. The standard InChI is InChI=1S/C17H15ClO3/c1-20-15-8-5-9-16(21-2)17(15)14(19)11-10-12-6-3-4-7-13(12)18/h3-11H,1-2H3/b11-10+. The van der Waals surface area contributed by atoms with E-state index in [1.807, 2.05) is 18.2 Å². The lowest BCUT2D eigenvalue weighted by atomic mass is 10.1. The van der Waals surface area contributed by atoms with Gasteiger partial charge in [0.25, 0.3) is 0 Å². The average molecular weight is 303 g/mol. The summed E-state index contributed by atoms with van der Waals surface area (Å²) in [5.74, 6) is 0.746. The van der Waals surface area contributed by atoms with Crippen molar-refractivity contribution in [3.05, 3.63) is 64.7 Å². The second-order valence-corrected chi connectivity index (χ2v) is 4.66. The molecule has 0 aromatic heterocycles. The number of ketones is 1. The highest BCUT2D eigenvalue weighted by molar-refractivity contribution is 6.32. The quantitative estimate of drug-likeness (QED) is 0.612. The van der Waals surface area contributed by atoms with Gasteiger partial charge in [-0.05, 0) is 35.9 Å². The highest BCUT2D eigenvalue weighted by atomic mass is 35.5. The Morgan fingerprint density at radius 2 is 1.62 bits per heavy atom. The number of ether oxygens (including phenoxy) is 2. The maximum Gasteiger partial charge on any atom is 0.193 e. The Balaban J connectivity index is 2.35. The van der Waals surface area contributed by atoms with Crippen molar-refractivity contribution in [2.75, 3.05) is 14.2 Å². The number of carbonyl (C=O) groups excluding carboxylic acids is 1. The lowest BCUT2D eigenvalue weighted by molar-refractivity contribution is 0.104. The zero-order valence-corrected chi connectivity index (χ0v) is 12.6. The van der Waals surface area contributed by atoms with Crippen LogP contribution in [0, 0.1) is 0 Å². The summed E-state index contributed by atoms with van der Waals surface area (Å²) in [6, 6.07) is 12.5. The van der Waals surface area contributed by atoms with Crippen LogP contribution in [0.15, 0.2) is 48.5 Å². The lowest BCUT2D eigenvalue weighted by Crippen LogP contribution is -2.02. The molecule has 21 heavy (non-hydrogen) atoms. The fourth-order valence-corrected chi connectivity index (χ4v) is 2.15. The summed E-state index contributed by atoms with van der Waals surface area (Å²) in [5, 5.41) is 0.591. The molecule has 3 nitrogen and oxygen atoms in total. The van der Waals surface area contributed by atoms with Gasteiger partial charge in [0, 0.05) is 5.02 Å². The van der Waals surface area contributed by atoms with E-state index in [-0.39, 0.29) is 5.78 Å². The minimum atomic E-state index is -0.204. The number of allylic oxidation sites excluding steroid dienone is 1. The van der Waals surface area contributed by atoms with Crippen molar-refractivity contribution in [2.24, 2.45) is 0 Å². The van der Waals surface area contributed by atoms with Crippen LogP contribution in [0.1, 0.15) is 15.9 Å². The van der Waals surface area contributed by atoms with Crippen LogP contribution < -0.4 is 9.47 Å². The number of methoxy groups -OCH3 is 2. The molecule has 0 N–H and O–H groups in total. The van der Waals surface area contributed by atoms with E-state index in [9.17, 15) is 4.79 Å². The Morgan fingerprint density at radius 3 is 2.19 bits per heavy atom. The Labute approximate surface area is 128 Å². The summed E-state index contributed by atoms with van der Waals surface area (Å²) >= 11 is 6.06. The van der Waals surface area contributed by atoms with E-state index in [2.05, 4.69) is 0 Å². The van der Waals surface area contributed by atoms with Gasteiger partial charge in [0.2, 0.25) is 0 Å². The topological polar surface area (TPSA) is 35.5 Å². The number of halogens is 1. The predicted molar refractivity (Wildman–Crippen MR) is 84.4 cm³/mol. The van der Waals surface area contributed by atoms with Crippen molar-refractivity contribution >= 4 is 23.5 Å². The highest BCUT2D eigenvalue weighted by Crippen LogP contribution is 2.29. The zero-order chi connectivity index (χ0) is 15.2. The maximum absolute atomic E-state index is 12.4. The van der Waals surface area contributed by atoms with E-state index >= 15 is 0 Å². The van der Waals surface area contributed by atoms with Gasteiger partial charge >= 0.3 is 0 Å². The van der Waals surface area contributed by atoms with Gasteiger partial charge in [-0.1, -0.05) is 35.9 Å². The Bertz CT molecular complexity index is 655. The first-order valence-corrected chi connectivity index (χ1v) is 6.73. The van der Waals surface area contributed by atoms with E-state index in [1.165, 1.54) is 20.3 Å². The molecule has 0 aliphatic heterocycles. The number of hydrogen-bond donors (Lipinski definition) is 0. The van der Waals surface area contributed by atoms with Gasteiger partial charge in [0.05, 0.1) is 14.2 Å². The molecule has 2 aromatic carbocycles. The molecule has 4 heteroatoms. The van der Waals surface area contributed by atoms with E-state index in [0.717, 1.165) is 5.56 Å². The Kier molecular flexibility index (Phi) is 5.01. The Hall–Kier alpha value is -2.26. The number of benzene rings is 2. The fourth-order valence-electron chi connectivity index (χ4n) is 1.95. The molecule has 0 amide bonds. The van der Waals surface area contributed by atoms with Crippen LogP contribution in [0.3, 0.4) is 0 Å². The lowest BCUT2D eigenvalue weighted by Gasteiger charge is -2.10. The smallest absolute Gasteiger partial charge is 0.193 e. The van der Waals surface area contributed by atoms with Gasteiger partial charge in [-0.2, -0.15) is 0 Å². The third kappa shape index (κ3) is 3.44. The molecule has 0 radical (unpaired) electrons. The molecular formula is C17H15ClO3. The van der Waals surface area contributed by atoms with Gasteiger partial charge < -0.3 is 9.47 Å². The van der Waals surface area contributed by atoms with Crippen LogP contribution in [0.5, 0.6) is 11.5 Å². The van der Waals surface area contributed by atoms with Crippen molar-refractivity contribution in [1.29, 1.82) is 0 Å². The summed E-state index contributed by atoms with van der Waals surface area (Å²) < 4.78 is 10.4. The van der Waals surface area contributed by atoms with Gasteiger partial charge in [0.15, 0.2) is 5.78 Å². The normalized spacial score (nSPS) is 10.6. The molecule has 0 atom stereocenters. The van der Waals surface area contributed by atoms with Crippen molar-refractivity contribution in [2.45, 2.75) is 0 Å². The van der Waals surface area contributed by atoms with Crippen molar-refractivity contribution in [3.8, 4) is 11.5 Å². The number of hydrogen-bond acceptors (Lipinski definition) is 3. The van der Waals surface area contributed by atoms with Crippen LogP contribution in [-0.2, 0) is 0 Å². The zero-order valence-electron chi connectivity index (χ0n) is 11.8. The summed E-state index contributed by atoms with van der Waals surface area (Å²) in [6.45, 7) is 0. The highest BCUT2D eigenvalue weighted by Gasteiger charge is 2.15. The van der Waals surface area contributed by atoms with Crippen LogP contribution in [-0.4, -0.2) is 20.0 Å². The second kappa shape index (κ2) is 6.95. The van der Waals surface area contributed by atoms with Crippen molar-refractivity contribution < 1.29 is 14.3 Å². The maximum atomic E-state index is 12.4. The minimum absolute atomic E-state index is 0.204. The molecule has 2 rings (SSSR count). The van der Waals surface area contributed by atoms with Crippen LogP contribution >= 0.6 is 11.6 Å². The van der Waals surface area contributed by atoms with Crippen LogP contribution in [0.25, 0.3) is 6.08 Å². The molecule has 0 saturated carbocycles. The van der Waals surface area contributed by atoms with Gasteiger partial charge in [-0.25, -0.2) is 0 Å². The molecule has 0 fully saturated rings. The SMILES string of the molecule is COc1cccc(OC)c1C(=O)/C=C/c1ccccc1Cl. The predicted octanol–water partition coefficient (Wildman–Crippen LogP) is 4.25. The average Bonchev–Trinajstić information content (AvgIpc) is 2.52. The molecule has 0 unspecified atom stereocenters. The van der Waals surface area contributed by atoms with Crippen molar-refractivity contribution in [3.63, 3.8) is 0 Å². The largest absolute Gasteiger partial charge is 0.496 e. The van der Waals surface area contributed by atoms with E-state index in [1.54, 1.807) is 30.3 Å². The van der Waals surface area contributed by atoms with Crippen LogP contribution in [0.2, 0.25) is 5.02 Å². The molecule has 0 heterocycles. The summed E-state index contributed by atoms with van der Waals surface area (Å²) in [7, 11) is 3.03. The molecule has 0 bridgehead atoms. The number of rotatable bonds is 5. The summed E-state index contributed by atoms with van der Waals surface area (Å²) in [6.07, 6.45) is 3.14. The van der Waals surface area contributed by atoms with E-state index < -0.39 is 0 Å². The number of carbonyl (C=O) groups is 1. The summed E-state index contributed by atoms with van der Waals surface area (Å²) in [4.78, 5) is 12.4. The van der Waals surface area contributed by atoms with Crippen molar-refractivity contribution in [1.82, 2.24) is 0 Å². The summed E-state index contributed by atoms with van der Waals surface area (Å²) in [5.41, 5.74) is 1.17. The second-order valence-electron chi connectivity index (χ2n) is 4.26. The monoisotopic (exact) mass is 302 g/mol. The molecule has 108 valence electrons. The molecular weight excluding hydrogens is 288 g/mol. The van der Waals surface area contributed by atoms with Gasteiger partial charge in [-0.3, -0.25) is 4.79 Å². The van der Waals surface area contributed by atoms with Crippen LogP contribution in [0.4, 0.5) is 0 Å². The first-order valence-electron chi connectivity index (χ1n) is 6.35.